The van der Waals surface area contributed by atoms with E-state index in [1.807, 2.05) is 0 Å². The van der Waals surface area contributed by atoms with Gasteiger partial charge in [0.1, 0.15) is 23.9 Å². The molecule has 4 rings (SSSR count). The molecule has 32 heavy (non-hydrogen) atoms. The summed E-state index contributed by atoms with van der Waals surface area (Å²) in [6.07, 6.45) is 5.66. The van der Waals surface area contributed by atoms with E-state index in [1.165, 1.54) is 23.6 Å². The first-order valence-electron chi connectivity index (χ1n) is 10.5. The van der Waals surface area contributed by atoms with Gasteiger partial charge < -0.3 is 19.5 Å². The van der Waals surface area contributed by atoms with Gasteiger partial charge in [-0.3, -0.25) is 4.79 Å². The van der Waals surface area contributed by atoms with Crippen molar-refractivity contribution in [2.45, 2.75) is 24.2 Å². The lowest BCUT2D eigenvalue weighted by atomic mass is 10.2. The van der Waals surface area contributed by atoms with Gasteiger partial charge in [0.15, 0.2) is 11.5 Å². The zero-order chi connectivity index (χ0) is 22.6. The number of piperidine rings is 1. The Bertz CT molecular complexity index is 1120. The zero-order valence-corrected chi connectivity index (χ0v) is 18.7. The number of nitrogens with one attached hydrogen (secondary N) is 1. The summed E-state index contributed by atoms with van der Waals surface area (Å²) in [5, 5.41) is 2.77. The summed E-state index contributed by atoms with van der Waals surface area (Å²) in [5.41, 5.74) is 1.16. The third kappa shape index (κ3) is 4.89. The standard InChI is InChI=1S/C23H26N2O6S/c1-29-20-8-5-17(15-22(20)32(27,28)25-11-3-2-4-12-25)6-10-23(26)24-18-7-9-19-21(16-18)31-14-13-30-19/h5-10,15-16H,2-4,11-14H2,1H3,(H,24,26)/b10-6+. The summed E-state index contributed by atoms with van der Waals surface area (Å²) in [6, 6.07) is 10.0. The van der Waals surface area contributed by atoms with Gasteiger partial charge in [-0.25, -0.2) is 8.42 Å². The van der Waals surface area contributed by atoms with Crippen molar-refractivity contribution in [2.75, 3.05) is 38.7 Å². The molecule has 1 fully saturated rings. The van der Waals surface area contributed by atoms with Crippen LogP contribution in [0.1, 0.15) is 24.8 Å². The Morgan fingerprint density at radius 3 is 2.53 bits per heavy atom. The fourth-order valence-corrected chi connectivity index (χ4v) is 5.43. The third-order valence-corrected chi connectivity index (χ3v) is 7.28. The second-order valence-electron chi connectivity index (χ2n) is 7.56. The van der Waals surface area contributed by atoms with Crippen LogP contribution in [0.2, 0.25) is 0 Å². The third-order valence-electron chi connectivity index (χ3n) is 5.36. The van der Waals surface area contributed by atoms with E-state index in [0.29, 0.717) is 49.1 Å². The van der Waals surface area contributed by atoms with E-state index in [0.717, 1.165) is 19.3 Å². The number of carbonyl (C=O) groups excluding carboxylic acids is 1. The molecule has 0 aliphatic carbocycles. The van der Waals surface area contributed by atoms with Gasteiger partial charge in [-0.2, -0.15) is 4.31 Å². The molecule has 0 radical (unpaired) electrons. The predicted octanol–water partition coefficient (Wildman–Crippen LogP) is 3.29. The van der Waals surface area contributed by atoms with Crippen LogP contribution >= 0.6 is 0 Å². The number of rotatable bonds is 6. The highest BCUT2D eigenvalue weighted by atomic mass is 32.2. The van der Waals surface area contributed by atoms with Crippen molar-refractivity contribution in [3.8, 4) is 17.2 Å². The van der Waals surface area contributed by atoms with E-state index < -0.39 is 10.0 Å². The number of ether oxygens (including phenoxy) is 3. The van der Waals surface area contributed by atoms with Crippen LogP contribution < -0.4 is 19.5 Å². The molecule has 0 saturated carbocycles. The predicted molar refractivity (Wildman–Crippen MR) is 121 cm³/mol. The van der Waals surface area contributed by atoms with Gasteiger partial charge in [-0.1, -0.05) is 12.5 Å². The van der Waals surface area contributed by atoms with E-state index in [2.05, 4.69) is 5.32 Å². The lowest BCUT2D eigenvalue weighted by molar-refractivity contribution is -0.111. The maximum absolute atomic E-state index is 13.1. The molecule has 9 heteroatoms. The molecule has 2 heterocycles. The fourth-order valence-electron chi connectivity index (χ4n) is 3.72. The summed E-state index contributed by atoms with van der Waals surface area (Å²) >= 11 is 0. The van der Waals surface area contributed by atoms with E-state index in [1.54, 1.807) is 36.4 Å². The molecule has 0 unspecified atom stereocenters. The van der Waals surface area contributed by atoms with Crippen molar-refractivity contribution in [2.24, 2.45) is 0 Å². The monoisotopic (exact) mass is 458 g/mol. The second-order valence-corrected chi connectivity index (χ2v) is 9.46. The van der Waals surface area contributed by atoms with Crippen LogP contribution in [-0.4, -0.2) is 52.0 Å². The maximum Gasteiger partial charge on any atom is 0.248 e. The molecule has 0 spiro atoms. The number of nitrogens with zero attached hydrogens (tertiary/aromatic N) is 1. The highest BCUT2D eigenvalue weighted by molar-refractivity contribution is 7.89. The quantitative estimate of drug-likeness (QED) is 0.668. The van der Waals surface area contributed by atoms with E-state index >= 15 is 0 Å². The minimum atomic E-state index is -3.68. The molecule has 2 aliphatic rings. The second kappa shape index (κ2) is 9.62. The first-order chi connectivity index (χ1) is 15.5. The number of hydrogen-bond acceptors (Lipinski definition) is 6. The van der Waals surface area contributed by atoms with Crippen LogP contribution in [-0.2, 0) is 14.8 Å². The summed E-state index contributed by atoms with van der Waals surface area (Å²) in [6.45, 7) is 1.97. The first kappa shape index (κ1) is 22.2. The Morgan fingerprint density at radius 1 is 1.03 bits per heavy atom. The highest BCUT2D eigenvalue weighted by Crippen LogP contribution is 2.33. The lowest BCUT2D eigenvalue weighted by Gasteiger charge is -2.26. The molecule has 2 aromatic rings. The number of anilines is 1. The average Bonchev–Trinajstić information content (AvgIpc) is 2.83. The van der Waals surface area contributed by atoms with Crippen molar-refractivity contribution >= 4 is 27.7 Å². The molecule has 0 bridgehead atoms. The SMILES string of the molecule is COc1ccc(/C=C/C(=O)Nc2ccc3c(c2)OCCO3)cc1S(=O)(=O)N1CCCCC1. The fraction of sp³-hybridized carbons (Fsp3) is 0.348. The molecular weight excluding hydrogens is 432 g/mol. The molecule has 0 aromatic heterocycles. The van der Waals surface area contributed by atoms with Crippen LogP contribution in [0.15, 0.2) is 47.4 Å². The van der Waals surface area contributed by atoms with Crippen molar-refractivity contribution in [1.29, 1.82) is 0 Å². The van der Waals surface area contributed by atoms with Gasteiger partial charge in [0, 0.05) is 30.9 Å². The number of benzene rings is 2. The molecular formula is C23H26N2O6S. The number of methoxy groups -OCH3 is 1. The summed E-state index contributed by atoms with van der Waals surface area (Å²) in [7, 11) is -2.23. The summed E-state index contributed by atoms with van der Waals surface area (Å²) in [4.78, 5) is 12.5. The van der Waals surface area contributed by atoms with Crippen molar-refractivity contribution in [1.82, 2.24) is 4.31 Å². The molecule has 1 saturated heterocycles. The Kier molecular flexibility index (Phi) is 6.66. The number of sulfonamides is 1. The number of amides is 1. The van der Waals surface area contributed by atoms with Gasteiger partial charge >= 0.3 is 0 Å². The Labute approximate surface area is 187 Å². The van der Waals surface area contributed by atoms with Crippen LogP contribution in [0.5, 0.6) is 17.2 Å². The molecule has 2 aromatic carbocycles. The van der Waals surface area contributed by atoms with Crippen LogP contribution in [0.25, 0.3) is 6.08 Å². The normalized spacial score (nSPS) is 16.7. The molecule has 1 amide bonds. The van der Waals surface area contributed by atoms with Crippen LogP contribution in [0.4, 0.5) is 5.69 Å². The summed E-state index contributed by atoms with van der Waals surface area (Å²) < 4.78 is 44.1. The lowest BCUT2D eigenvalue weighted by Crippen LogP contribution is -2.35. The molecule has 2 aliphatic heterocycles. The molecule has 0 atom stereocenters. The first-order valence-corrected chi connectivity index (χ1v) is 12.0. The van der Waals surface area contributed by atoms with E-state index in [-0.39, 0.29) is 16.6 Å². The van der Waals surface area contributed by atoms with Crippen molar-refractivity contribution in [3.63, 3.8) is 0 Å². The van der Waals surface area contributed by atoms with Gasteiger partial charge in [0.2, 0.25) is 15.9 Å². The Balaban J connectivity index is 1.50. The van der Waals surface area contributed by atoms with Gasteiger partial charge in [0.05, 0.1) is 7.11 Å². The van der Waals surface area contributed by atoms with Gasteiger partial charge in [-0.05, 0) is 48.7 Å². The van der Waals surface area contributed by atoms with Crippen molar-refractivity contribution < 1.29 is 27.4 Å². The topological polar surface area (TPSA) is 94.2 Å². The highest BCUT2D eigenvalue weighted by Gasteiger charge is 2.29. The van der Waals surface area contributed by atoms with Crippen LogP contribution in [0.3, 0.4) is 0 Å². The number of hydrogen-bond donors (Lipinski definition) is 1. The van der Waals surface area contributed by atoms with Crippen molar-refractivity contribution in [3.05, 3.63) is 48.0 Å². The van der Waals surface area contributed by atoms with E-state index in [4.69, 9.17) is 14.2 Å². The smallest absolute Gasteiger partial charge is 0.248 e. The zero-order valence-electron chi connectivity index (χ0n) is 17.9. The molecule has 8 nitrogen and oxygen atoms in total. The Hall–Kier alpha value is -3.04. The van der Waals surface area contributed by atoms with E-state index in [9.17, 15) is 13.2 Å². The average molecular weight is 459 g/mol. The minimum absolute atomic E-state index is 0.108. The van der Waals surface area contributed by atoms with Gasteiger partial charge in [0.25, 0.3) is 0 Å². The largest absolute Gasteiger partial charge is 0.495 e. The molecule has 1 N–H and O–H groups in total. The van der Waals surface area contributed by atoms with Gasteiger partial charge in [-0.15, -0.1) is 0 Å². The molecule has 170 valence electrons. The number of carbonyl (C=O) groups is 1. The number of fused-ring (bicyclic) bond motifs is 1. The Morgan fingerprint density at radius 2 is 1.78 bits per heavy atom. The maximum atomic E-state index is 13.1. The minimum Gasteiger partial charge on any atom is -0.495 e. The van der Waals surface area contributed by atoms with Crippen LogP contribution in [0, 0.1) is 0 Å². The summed E-state index contributed by atoms with van der Waals surface area (Å²) in [5.74, 6) is 1.16.